The molecule has 1 aliphatic heterocycles. The Balaban J connectivity index is 2.32. The number of thiol groups is 1. The van der Waals surface area contributed by atoms with Crippen LogP contribution < -0.4 is 0 Å². The second-order valence-electron chi connectivity index (χ2n) is 3.73. The highest BCUT2D eigenvalue weighted by Gasteiger charge is 2.31. The zero-order valence-corrected chi connectivity index (χ0v) is 7.28. The minimum Gasteiger partial charge on any atom is -0.296 e. The second-order valence-corrected chi connectivity index (χ2v) is 4.46. The monoisotopic (exact) mass is 145 g/mol. The van der Waals surface area contributed by atoms with E-state index in [-0.39, 0.29) is 0 Å². The topological polar surface area (TPSA) is 3.24 Å². The first kappa shape index (κ1) is 7.42. The van der Waals surface area contributed by atoms with E-state index in [1.54, 1.807) is 0 Å². The zero-order chi connectivity index (χ0) is 7.07. The molecule has 1 fully saturated rings. The molecule has 0 aromatic carbocycles. The maximum absolute atomic E-state index is 4.33. The summed E-state index contributed by atoms with van der Waals surface area (Å²) >= 11 is 4.33. The first-order valence-corrected chi connectivity index (χ1v) is 3.95. The number of rotatable bonds is 0. The molecule has 1 rings (SSSR count). The Hall–Kier alpha value is 0.310. The van der Waals surface area contributed by atoms with Crippen molar-refractivity contribution in [3.05, 3.63) is 0 Å². The Morgan fingerprint density at radius 2 is 1.78 bits per heavy atom. The molecule has 0 saturated carbocycles. The molecule has 0 bridgehead atoms. The van der Waals surface area contributed by atoms with Crippen LogP contribution in [0.5, 0.6) is 0 Å². The van der Waals surface area contributed by atoms with Crippen LogP contribution in [0.4, 0.5) is 0 Å². The fourth-order valence-corrected chi connectivity index (χ4v) is 1.40. The largest absolute Gasteiger partial charge is 0.296 e. The van der Waals surface area contributed by atoms with Gasteiger partial charge in [0.2, 0.25) is 0 Å². The van der Waals surface area contributed by atoms with E-state index in [4.69, 9.17) is 0 Å². The molecule has 1 heterocycles. The average molecular weight is 145 g/mol. The smallest absolute Gasteiger partial charge is 0.0272 e. The Morgan fingerprint density at radius 1 is 1.33 bits per heavy atom. The van der Waals surface area contributed by atoms with Crippen LogP contribution in [0, 0.1) is 0 Å². The predicted molar refractivity (Wildman–Crippen MR) is 44.1 cm³/mol. The normalized spacial score (nSPS) is 24.0. The van der Waals surface area contributed by atoms with Crippen molar-refractivity contribution in [3.8, 4) is 0 Å². The van der Waals surface area contributed by atoms with Gasteiger partial charge in [0.05, 0.1) is 0 Å². The highest BCUT2D eigenvalue weighted by Crippen LogP contribution is 2.23. The van der Waals surface area contributed by atoms with Crippen molar-refractivity contribution < 1.29 is 0 Å². The van der Waals surface area contributed by atoms with Gasteiger partial charge in [-0.25, -0.2) is 0 Å². The van der Waals surface area contributed by atoms with Crippen molar-refractivity contribution in [3.63, 3.8) is 0 Å². The third kappa shape index (κ3) is 1.62. The lowest BCUT2D eigenvalue weighted by Crippen LogP contribution is -2.56. The quantitative estimate of drug-likeness (QED) is 0.504. The van der Waals surface area contributed by atoms with Gasteiger partial charge in [-0.2, -0.15) is 12.6 Å². The van der Waals surface area contributed by atoms with Crippen LogP contribution in [0.1, 0.15) is 20.8 Å². The molecular weight excluding hydrogens is 130 g/mol. The Kier molecular flexibility index (Phi) is 1.79. The molecule has 0 atom stereocenters. The lowest BCUT2D eigenvalue weighted by Gasteiger charge is -2.45. The SMILES string of the molecule is CC(C)(C)N1CC(S)C1. The van der Waals surface area contributed by atoms with E-state index in [2.05, 4.69) is 38.3 Å². The van der Waals surface area contributed by atoms with Gasteiger partial charge in [0.25, 0.3) is 0 Å². The van der Waals surface area contributed by atoms with E-state index < -0.39 is 0 Å². The third-order valence-electron chi connectivity index (χ3n) is 1.81. The highest BCUT2D eigenvalue weighted by atomic mass is 32.1. The number of nitrogens with zero attached hydrogens (tertiary/aromatic N) is 1. The van der Waals surface area contributed by atoms with Gasteiger partial charge < -0.3 is 0 Å². The maximum atomic E-state index is 4.33. The standard InChI is InChI=1S/C7H15NS/c1-7(2,3)8-4-6(9)5-8/h6,9H,4-5H2,1-3H3. The molecule has 0 unspecified atom stereocenters. The minimum absolute atomic E-state index is 0.360. The maximum Gasteiger partial charge on any atom is 0.0272 e. The molecule has 1 nitrogen and oxygen atoms in total. The van der Waals surface area contributed by atoms with Crippen molar-refractivity contribution in [1.82, 2.24) is 4.90 Å². The Bertz CT molecular complexity index is 100.0. The van der Waals surface area contributed by atoms with Crippen LogP contribution >= 0.6 is 12.6 Å². The van der Waals surface area contributed by atoms with Crippen molar-refractivity contribution in [1.29, 1.82) is 0 Å². The van der Waals surface area contributed by atoms with Crippen molar-refractivity contribution in [2.75, 3.05) is 13.1 Å². The molecular formula is C7H15NS. The summed E-state index contributed by atoms with van der Waals surface area (Å²) in [4.78, 5) is 2.44. The van der Waals surface area contributed by atoms with Gasteiger partial charge in [-0.3, -0.25) is 4.90 Å². The molecule has 0 N–H and O–H groups in total. The molecule has 2 heteroatoms. The van der Waals surface area contributed by atoms with E-state index in [0.29, 0.717) is 10.8 Å². The summed E-state index contributed by atoms with van der Waals surface area (Å²) in [6, 6.07) is 0. The third-order valence-corrected chi connectivity index (χ3v) is 2.14. The second kappa shape index (κ2) is 2.17. The summed E-state index contributed by atoms with van der Waals surface area (Å²) in [5, 5.41) is 0.629. The summed E-state index contributed by atoms with van der Waals surface area (Å²) in [5.41, 5.74) is 0.360. The lowest BCUT2D eigenvalue weighted by atomic mass is 10.0. The molecule has 0 amide bonds. The van der Waals surface area contributed by atoms with Crippen molar-refractivity contribution >= 4 is 12.6 Å². The molecule has 1 saturated heterocycles. The van der Waals surface area contributed by atoms with Crippen LogP contribution in [0.3, 0.4) is 0 Å². The average Bonchev–Trinajstić information content (AvgIpc) is 1.55. The fourth-order valence-electron chi connectivity index (χ4n) is 1.00. The van der Waals surface area contributed by atoms with Gasteiger partial charge in [-0.1, -0.05) is 0 Å². The summed E-state index contributed by atoms with van der Waals surface area (Å²) < 4.78 is 0. The molecule has 0 radical (unpaired) electrons. The van der Waals surface area contributed by atoms with Crippen LogP contribution in [-0.2, 0) is 0 Å². The molecule has 54 valence electrons. The van der Waals surface area contributed by atoms with Gasteiger partial charge in [0.1, 0.15) is 0 Å². The van der Waals surface area contributed by atoms with Crippen LogP contribution in [0.15, 0.2) is 0 Å². The molecule has 1 aliphatic rings. The summed E-state index contributed by atoms with van der Waals surface area (Å²) in [6.07, 6.45) is 0. The number of likely N-dealkylation sites (tertiary alicyclic amines) is 1. The fraction of sp³-hybridized carbons (Fsp3) is 1.00. The van der Waals surface area contributed by atoms with E-state index in [1.807, 2.05) is 0 Å². The molecule has 0 aromatic rings. The van der Waals surface area contributed by atoms with E-state index in [1.165, 1.54) is 0 Å². The van der Waals surface area contributed by atoms with Crippen molar-refractivity contribution in [2.45, 2.75) is 31.6 Å². The lowest BCUT2D eigenvalue weighted by molar-refractivity contribution is 0.0760. The molecule has 0 spiro atoms. The number of hydrogen-bond donors (Lipinski definition) is 1. The molecule has 0 aliphatic carbocycles. The van der Waals surface area contributed by atoms with E-state index in [0.717, 1.165) is 13.1 Å². The minimum atomic E-state index is 0.360. The zero-order valence-electron chi connectivity index (χ0n) is 6.39. The van der Waals surface area contributed by atoms with Crippen LogP contribution in [0.2, 0.25) is 0 Å². The highest BCUT2D eigenvalue weighted by molar-refractivity contribution is 7.81. The molecule has 0 aromatic heterocycles. The van der Waals surface area contributed by atoms with Crippen molar-refractivity contribution in [2.24, 2.45) is 0 Å². The van der Waals surface area contributed by atoms with Crippen LogP contribution in [-0.4, -0.2) is 28.8 Å². The van der Waals surface area contributed by atoms with E-state index >= 15 is 0 Å². The van der Waals surface area contributed by atoms with Gasteiger partial charge in [-0.15, -0.1) is 0 Å². The van der Waals surface area contributed by atoms with E-state index in [9.17, 15) is 0 Å². The van der Waals surface area contributed by atoms with Gasteiger partial charge >= 0.3 is 0 Å². The summed E-state index contributed by atoms with van der Waals surface area (Å²) in [7, 11) is 0. The van der Waals surface area contributed by atoms with Gasteiger partial charge in [-0.05, 0) is 20.8 Å². The summed E-state index contributed by atoms with van der Waals surface area (Å²) in [6.45, 7) is 9.05. The first-order valence-electron chi connectivity index (χ1n) is 3.43. The number of hydrogen-bond acceptors (Lipinski definition) is 2. The van der Waals surface area contributed by atoms with Crippen LogP contribution in [0.25, 0.3) is 0 Å². The summed E-state index contributed by atoms with van der Waals surface area (Å²) in [5.74, 6) is 0. The van der Waals surface area contributed by atoms with Gasteiger partial charge in [0, 0.05) is 23.9 Å². The molecule has 9 heavy (non-hydrogen) atoms. The van der Waals surface area contributed by atoms with Gasteiger partial charge in [0.15, 0.2) is 0 Å². The Labute approximate surface area is 62.8 Å². The predicted octanol–water partition coefficient (Wildman–Crippen LogP) is 1.40. The first-order chi connectivity index (χ1) is 4.00. The Morgan fingerprint density at radius 3 is 1.89 bits per heavy atom.